The summed E-state index contributed by atoms with van der Waals surface area (Å²) in [7, 11) is -1.91. The standard InChI is InChI=1S/C15H21FN2O4S/c1-11-9-13(3-4-14(11)16)23(21,22)18-7-5-12(6-8-18)17(2)10-15(19)20/h3-4,9,12H,5-8,10H2,1-2H3,(H,19,20). The predicted molar refractivity (Wildman–Crippen MR) is 83.2 cm³/mol. The minimum Gasteiger partial charge on any atom is -0.480 e. The van der Waals surface area contributed by atoms with Crippen molar-refractivity contribution in [3.05, 3.63) is 29.6 Å². The number of aryl methyl sites for hydroxylation is 1. The zero-order valence-electron chi connectivity index (χ0n) is 13.2. The van der Waals surface area contributed by atoms with Gasteiger partial charge in [-0.1, -0.05) is 0 Å². The molecule has 1 N–H and O–H groups in total. The Morgan fingerprint density at radius 1 is 1.39 bits per heavy atom. The van der Waals surface area contributed by atoms with Gasteiger partial charge in [-0.25, -0.2) is 12.8 Å². The summed E-state index contributed by atoms with van der Waals surface area (Å²) in [5.41, 5.74) is 0.294. The van der Waals surface area contributed by atoms with Gasteiger partial charge in [0.15, 0.2) is 0 Å². The Morgan fingerprint density at radius 2 is 2.00 bits per heavy atom. The Morgan fingerprint density at radius 3 is 2.52 bits per heavy atom. The molecule has 2 rings (SSSR count). The molecule has 0 aliphatic carbocycles. The van der Waals surface area contributed by atoms with Gasteiger partial charge in [0.2, 0.25) is 10.0 Å². The van der Waals surface area contributed by atoms with Gasteiger partial charge in [-0.05, 0) is 50.6 Å². The zero-order valence-corrected chi connectivity index (χ0v) is 14.0. The molecule has 1 aliphatic rings. The van der Waals surface area contributed by atoms with Gasteiger partial charge in [0.25, 0.3) is 0 Å². The van der Waals surface area contributed by atoms with Crippen molar-refractivity contribution >= 4 is 16.0 Å². The fourth-order valence-electron chi connectivity index (χ4n) is 2.79. The van der Waals surface area contributed by atoms with E-state index in [-0.39, 0.29) is 17.5 Å². The molecular weight excluding hydrogens is 323 g/mol. The van der Waals surface area contributed by atoms with Crippen LogP contribution in [0.15, 0.2) is 23.1 Å². The van der Waals surface area contributed by atoms with Crippen molar-refractivity contribution in [2.24, 2.45) is 0 Å². The number of carboxylic acid groups (broad SMARTS) is 1. The molecule has 0 atom stereocenters. The quantitative estimate of drug-likeness (QED) is 0.871. The highest BCUT2D eigenvalue weighted by molar-refractivity contribution is 7.89. The Hall–Kier alpha value is -1.51. The maximum absolute atomic E-state index is 13.3. The molecule has 8 heteroatoms. The van der Waals surface area contributed by atoms with Crippen molar-refractivity contribution in [3.63, 3.8) is 0 Å². The largest absolute Gasteiger partial charge is 0.480 e. The number of hydrogen-bond donors (Lipinski definition) is 1. The molecule has 1 aromatic carbocycles. The highest BCUT2D eigenvalue weighted by atomic mass is 32.2. The fourth-order valence-corrected chi connectivity index (χ4v) is 4.35. The third-order valence-electron chi connectivity index (χ3n) is 4.20. The van der Waals surface area contributed by atoms with E-state index in [2.05, 4.69) is 0 Å². The third-order valence-corrected chi connectivity index (χ3v) is 6.09. The second kappa shape index (κ2) is 6.94. The van der Waals surface area contributed by atoms with Crippen molar-refractivity contribution in [3.8, 4) is 0 Å². The minimum atomic E-state index is -3.64. The molecule has 23 heavy (non-hydrogen) atoms. The molecule has 0 bridgehead atoms. The van der Waals surface area contributed by atoms with Gasteiger partial charge in [0.05, 0.1) is 11.4 Å². The van der Waals surface area contributed by atoms with Crippen LogP contribution in [0.1, 0.15) is 18.4 Å². The number of carboxylic acids is 1. The Bertz CT molecular complexity index is 685. The van der Waals surface area contributed by atoms with Crippen LogP contribution in [0.4, 0.5) is 4.39 Å². The molecule has 0 amide bonds. The maximum Gasteiger partial charge on any atom is 0.317 e. The number of piperidine rings is 1. The van der Waals surface area contributed by atoms with E-state index < -0.39 is 21.8 Å². The van der Waals surface area contributed by atoms with Crippen LogP contribution in [0, 0.1) is 12.7 Å². The summed E-state index contributed by atoms with van der Waals surface area (Å²) in [5, 5.41) is 8.81. The van der Waals surface area contributed by atoms with Gasteiger partial charge in [0.1, 0.15) is 5.82 Å². The molecule has 0 radical (unpaired) electrons. The van der Waals surface area contributed by atoms with E-state index in [1.54, 1.807) is 11.9 Å². The highest BCUT2D eigenvalue weighted by Gasteiger charge is 2.31. The summed E-state index contributed by atoms with van der Waals surface area (Å²) in [5.74, 6) is -1.33. The Kier molecular flexibility index (Phi) is 5.38. The second-order valence-corrected chi connectivity index (χ2v) is 7.79. The molecule has 0 saturated carbocycles. The summed E-state index contributed by atoms with van der Waals surface area (Å²) in [6.45, 7) is 2.12. The smallest absolute Gasteiger partial charge is 0.317 e. The first kappa shape index (κ1) is 17.8. The summed E-state index contributed by atoms with van der Waals surface area (Å²) >= 11 is 0. The minimum absolute atomic E-state index is 0.0486. The molecule has 1 saturated heterocycles. The molecule has 128 valence electrons. The first-order valence-corrected chi connectivity index (χ1v) is 8.84. The fraction of sp³-hybridized carbons (Fsp3) is 0.533. The summed E-state index contributed by atoms with van der Waals surface area (Å²) < 4.78 is 39.9. The van der Waals surface area contributed by atoms with Crippen LogP contribution < -0.4 is 0 Å². The number of hydrogen-bond acceptors (Lipinski definition) is 4. The average Bonchev–Trinajstić information content (AvgIpc) is 2.49. The van der Waals surface area contributed by atoms with Gasteiger partial charge >= 0.3 is 5.97 Å². The lowest BCUT2D eigenvalue weighted by Crippen LogP contribution is -2.46. The number of benzene rings is 1. The van der Waals surface area contributed by atoms with Gasteiger partial charge in [0, 0.05) is 19.1 Å². The van der Waals surface area contributed by atoms with Crippen molar-refractivity contribution < 1.29 is 22.7 Å². The van der Waals surface area contributed by atoms with Crippen LogP contribution >= 0.6 is 0 Å². The maximum atomic E-state index is 13.3. The van der Waals surface area contributed by atoms with Gasteiger partial charge in [-0.3, -0.25) is 9.69 Å². The second-order valence-electron chi connectivity index (χ2n) is 5.86. The first-order valence-electron chi connectivity index (χ1n) is 7.40. The van der Waals surface area contributed by atoms with E-state index in [1.165, 1.54) is 23.4 Å². The van der Waals surface area contributed by atoms with Crippen LogP contribution in [0.2, 0.25) is 0 Å². The van der Waals surface area contributed by atoms with Gasteiger partial charge in [-0.2, -0.15) is 4.31 Å². The molecular formula is C15H21FN2O4S. The summed E-state index contributed by atoms with van der Waals surface area (Å²) in [6, 6.07) is 3.83. The molecule has 0 unspecified atom stereocenters. The van der Waals surface area contributed by atoms with E-state index in [9.17, 15) is 17.6 Å². The summed E-state index contributed by atoms with van der Waals surface area (Å²) in [4.78, 5) is 12.6. The number of aliphatic carboxylic acids is 1. The van der Waals surface area contributed by atoms with Crippen molar-refractivity contribution in [2.75, 3.05) is 26.7 Å². The molecule has 1 aromatic rings. The van der Waals surface area contributed by atoms with E-state index in [0.29, 0.717) is 31.5 Å². The number of carbonyl (C=O) groups is 1. The molecule has 6 nitrogen and oxygen atoms in total. The SMILES string of the molecule is Cc1cc(S(=O)(=O)N2CCC(N(C)CC(=O)O)CC2)ccc1F. The number of likely N-dealkylation sites (N-methyl/N-ethyl adjacent to an activating group) is 1. The van der Waals surface area contributed by atoms with Crippen molar-refractivity contribution in [1.82, 2.24) is 9.21 Å². The van der Waals surface area contributed by atoms with Crippen LogP contribution in [0.5, 0.6) is 0 Å². The lowest BCUT2D eigenvalue weighted by atomic mass is 10.1. The van der Waals surface area contributed by atoms with E-state index >= 15 is 0 Å². The number of nitrogens with zero attached hydrogens (tertiary/aromatic N) is 2. The Labute approximate surface area is 135 Å². The lowest BCUT2D eigenvalue weighted by Gasteiger charge is -2.35. The van der Waals surface area contributed by atoms with Crippen LogP contribution in [-0.4, -0.2) is 61.4 Å². The van der Waals surface area contributed by atoms with Crippen molar-refractivity contribution in [1.29, 1.82) is 0 Å². The lowest BCUT2D eigenvalue weighted by molar-refractivity contribution is -0.138. The average molecular weight is 344 g/mol. The number of sulfonamides is 1. The third kappa shape index (κ3) is 4.07. The predicted octanol–water partition coefficient (Wildman–Crippen LogP) is 1.30. The molecule has 0 aromatic heterocycles. The normalized spacial score (nSPS) is 17.6. The topological polar surface area (TPSA) is 77.9 Å². The zero-order chi connectivity index (χ0) is 17.2. The van der Waals surface area contributed by atoms with E-state index in [4.69, 9.17) is 5.11 Å². The van der Waals surface area contributed by atoms with Crippen LogP contribution in [-0.2, 0) is 14.8 Å². The van der Waals surface area contributed by atoms with E-state index in [1.807, 2.05) is 0 Å². The first-order chi connectivity index (χ1) is 10.7. The van der Waals surface area contributed by atoms with Crippen molar-refractivity contribution in [2.45, 2.75) is 30.7 Å². The number of halogens is 1. The number of rotatable bonds is 5. The monoisotopic (exact) mass is 344 g/mol. The molecule has 0 spiro atoms. The van der Waals surface area contributed by atoms with E-state index in [0.717, 1.165) is 6.07 Å². The van der Waals surface area contributed by atoms with Gasteiger partial charge in [-0.15, -0.1) is 0 Å². The molecule has 1 heterocycles. The molecule has 1 aliphatic heterocycles. The van der Waals surface area contributed by atoms with Crippen LogP contribution in [0.3, 0.4) is 0 Å². The molecule has 1 fully saturated rings. The summed E-state index contributed by atoms with van der Waals surface area (Å²) in [6.07, 6.45) is 1.15. The highest BCUT2D eigenvalue weighted by Crippen LogP contribution is 2.24. The van der Waals surface area contributed by atoms with Gasteiger partial charge < -0.3 is 5.11 Å². The van der Waals surface area contributed by atoms with Crippen LogP contribution in [0.25, 0.3) is 0 Å². The Balaban J connectivity index is 2.06.